The summed E-state index contributed by atoms with van der Waals surface area (Å²) >= 11 is 3.55. The van der Waals surface area contributed by atoms with Crippen molar-refractivity contribution in [2.75, 3.05) is 5.73 Å². The molecule has 0 spiro atoms. The molecular weight excluding hydrogens is 316 g/mol. The Morgan fingerprint density at radius 1 is 1.15 bits per heavy atom. The molecule has 1 fully saturated rings. The predicted molar refractivity (Wildman–Crippen MR) is 82.4 cm³/mol. The number of nitrogens with two attached hydrogens (primary N) is 1. The second-order valence-electron chi connectivity index (χ2n) is 5.24. The summed E-state index contributed by atoms with van der Waals surface area (Å²) in [5.41, 5.74) is 8.27. The van der Waals surface area contributed by atoms with Gasteiger partial charge in [-0.25, -0.2) is 9.97 Å². The summed E-state index contributed by atoms with van der Waals surface area (Å²) in [6, 6.07) is 3.97. The molecule has 0 atom stereocenters. The Bertz CT molecular complexity index is 594. The van der Waals surface area contributed by atoms with E-state index in [-0.39, 0.29) is 0 Å². The SMILES string of the molecule is Nc1nc(Cc2ccncc2)nc(C2CCCC2)c1Br. The van der Waals surface area contributed by atoms with Crippen LogP contribution in [0.2, 0.25) is 0 Å². The van der Waals surface area contributed by atoms with Crippen molar-refractivity contribution in [1.29, 1.82) is 0 Å². The van der Waals surface area contributed by atoms with Gasteiger partial charge in [-0.05, 0) is 46.5 Å². The number of halogens is 1. The monoisotopic (exact) mass is 332 g/mol. The fourth-order valence-electron chi connectivity index (χ4n) is 2.76. The lowest BCUT2D eigenvalue weighted by Crippen LogP contribution is -2.08. The minimum Gasteiger partial charge on any atom is -0.383 e. The second kappa shape index (κ2) is 5.87. The molecule has 1 aliphatic carbocycles. The summed E-state index contributed by atoms with van der Waals surface area (Å²) in [4.78, 5) is 13.2. The first-order valence-corrected chi connectivity index (χ1v) is 7.74. The van der Waals surface area contributed by atoms with Crippen LogP contribution in [0.15, 0.2) is 29.0 Å². The summed E-state index contributed by atoms with van der Waals surface area (Å²) < 4.78 is 0.878. The molecule has 1 saturated carbocycles. The normalized spacial score (nSPS) is 15.7. The van der Waals surface area contributed by atoms with E-state index in [0.29, 0.717) is 18.2 Å². The number of hydrogen-bond acceptors (Lipinski definition) is 4. The quantitative estimate of drug-likeness (QED) is 0.934. The predicted octanol–water partition coefficient (Wildman–Crippen LogP) is 3.46. The lowest BCUT2D eigenvalue weighted by Gasteiger charge is -2.14. The zero-order valence-electron chi connectivity index (χ0n) is 11.2. The molecule has 2 aromatic rings. The molecule has 0 saturated heterocycles. The molecule has 3 rings (SSSR count). The van der Waals surface area contributed by atoms with Crippen molar-refractivity contribution in [3.63, 3.8) is 0 Å². The highest BCUT2D eigenvalue weighted by molar-refractivity contribution is 9.10. The van der Waals surface area contributed by atoms with Gasteiger partial charge in [0.1, 0.15) is 11.6 Å². The number of aromatic nitrogens is 3. The molecule has 0 aliphatic heterocycles. The lowest BCUT2D eigenvalue weighted by molar-refractivity contribution is 0.682. The third-order valence-corrected chi connectivity index (χ3v) is 4.61. The van der Waals surface area contributed by atoms with Crippen LogP contribution in [0.3, 0.4) is 0 Å². The lowest BCUT2D eigenvalue weighted by atomic mass is 10.0. The molecule has 1 aliphatic rings. The van der Waals surface area contributed by atoms with Gasteiger partial charge in [-0.2, -0.15) is 0 Å². The van der Waals surface area contributed by atoms with Crippen LogP contribution < -0.4 is 5.73 Å². The van der Waals surface area contributed by atoms with Crippen LogP contribution in [-0.2, 0) is 6.42 Å². The Kier molecular flexibility index (Phi) is 3.96. The Balaban J connectivity index is 1.92. The van der Waals surface area contributed by atoms with Crippen molar-refractivity contribution in [2.45, 2.75) is 38.0 Å². The maximum Gasteiger partial charge on any atom is 0.141 e. The van der Waals surface area contributed by atoms with E-state index >= 15 is 0 Å². The third kappa shape index (κ3) is 2.82. The molecule has 0 amide bonds. The minimum atomic E-state index is 0.519. The van der Waals surface area contributed by atoms with Gasteiger partial charge in [-0.15, -0.1) is 0 Å². The van der Waals surface area contributed by atoms with E-state index in [4.69, 9.17) is 10.7 Å². The Morgan fingerprint density at radius 3 is 2.55 bits per heavy atom. The van der Waals surface area contributed by atoms with E-state index in [2.05, 4.69) is 25.9 Å². The van der Waals surface area contributed by atoms with Gasteiger partial charge in [0.2, 0.25) is 0 Å². The molecular formula is C15H17BrN4. The summed E-state index contributed by atoms with van der Waals surface area (Å²) in [7, 11) is 0. The minimum absolute atomic E-state index is 0.519. The van der Waals surface area contributed by atoms with Gasteiger partial charge in [-0.1, -0.05) is 12.8 Å². The van der Waals surface area contributed by atoms with Gasteiger partial charge >= 0.3 is 0 Å². The first kappa shape index (κ1) is 13.5. The van der Waals surface area contributed by atoms with Crippen LogP contribution >= 0.6 is 15.9 Å². The standard InChI is InChI=1S/C15H17BrN4/c16-13-14(11-3-1-2-4-11)19-12(20-15(13)17)9-10-5-7-18-8-6-10/h5-8,11H,1-4,9H2,(H2,17,19,20). The molecule has 5 heteroatoms. The van der Waals surface area contributed by atoms with Gasteiger partial charge in [0.15, 0.2) is 0 Å². The van der Waals surface area contributed by atoms with E-state index < -0.39 is 0 Å². The van der Waals surface area contributed by atoms with Crippen molar-refractivity contribution in [3.05, 3.63) is 46.1 Å². The second-order valence-corrected chi connectivity index (χ2v) is 6.03. The highest BCUT2D eigenvalue weighted by Crippen LogP contribution is 2.38. The number of pyridine rings is 1. The Hall–Kier alpha value is -1.49. The summed E-state index contributed by atoms with van der Waals surface area (Å²) in [5.74, 6) is 1.86. The van der Waals surface area contributed by atoms with Crippen LogP contribution in [0.1, 0.15) is 48.7 Å². The molecule has 2 heterocycles. The van der Waals surface area contributed by atoms with E-state index in [9.17, 15) is 0 Å². The zero-order valence-corrected chi connectivity index (χ0v) is 12.8. The maximum atomic E-state index is 6.03. The number of anilines is 1. The van der Waals surface area contributed by atoms with E-state index in [1.54, 1.807) is 12.4 Å². The first-order chi connectivity index (χ1) is 9.74. The van der Waals surface area contributed by atoms with Crippen molar-refractivity contribution >= 4 is 21.7 Å². The molecule has 0 aromatic carbocycles. The van der Waals surface area contributed by atoms with Crippen LogP contribution in [0.25, 0.3) is 0 Å². The van der Waals surface area contributed by atoms with Crippen molar-refractivity contribution < 1.29 is 0 Å². The maximum absolute atomic E-state index is 6.03. The van der Waals surface area contributed by atoms with Gasteiger partial charge < -0.3 is 5.73 Å². The number of rotatable bonds is 3. The van der Waals surface area contributed by atoms with Crippen LogP contribution in [0, 0.1) is 0 Å². The largest absolute Gasteiger partial charge is 0.383 e. The van der Waals surface area contributed by atoms with Gasteiger partial charge in [0.25, 0.3) is 0 Å². The molecule has 20 heavy (non-hydrogen) atoms. The third-order valence-electron chi connectivity index (χ3n) is 3.80. The van der Waals surface area contributed by atoms with Crippen LogP contribution in [0.4, 0.5) is 5.82 Å². The summed E-state index contributed by atoms with van der Waals surface area (Å²) in [5, 5.41) is 0. The van der Waals surface area contributed by atoms with E-state index in [1.165, 1.54) is 25.7 Å². The van der Waals surface area contributed by atoms with Crippen molar-refractivity contribution in [1.82, 2.24) is 15.0 Å². The van der Waals surface area contributed by atoms with Crippen molar-refractivity contribution in [2.24, 2.45) is 0 Å². The summed E-state index contributed by atoms with van der Waals surface area (Å²) in [6.07, 6.45) is 9.22. The molecule has 4 nitrogen and oxygen atoms in total. The first-order valence-electron chi connectivity index (χ1n) is 6.94. The molecule has 0 radical (unpaired) electrons. The average molecular weight is 333 g/mol. The topological polar surface area (TPSA) is 64.7 Å². The smallest absolute Gasteiger partial charge is 0.141 e. The molecule has 0 bridgehead atoms. The fourth-order valence-corrected chi connectivity index (χ4v) is 3.27. The average Bonchev–Trinajstić information content (AvgIpc) is 2.98. The van der Waals surface area contributed by atoms with Gasteiger partial charge in [0.05, 0.1) is 10.2 Å². The van der Waals surface area contributed by atoms with Gasteiger partial charge in [0, 0.05) is 24.7 Å². The number of hydrogen-bond donors (Lipinski definition) is 1. The highest BCUT2D eigenvalue weighted by Gasteiger charge is 2.23. The number of nitrogen functional groups attached to an aromatic ring is 1. The van der Waals surface area contributed by atoms with Crippen LogP contribution in [0.5, 0.6) is 0 Å². The molecule has 104 valence electrons. The van der Waals surface area contributed by atoms with E-state index in [0.717, 1.165) is 21.6 Å². The highest BCUT2D eigenvalue weighted by atomic mass is 79.9. The van der Waals surface area contributed by atoms with Crippen LogP contribution in [-0.4, -0.2) is 15.0 Å². The van der Waals surface area contributed by atoms with Crippen molar-refractivity contribution in [3.8, 4) is 0 Å². The van der Waals surface area contributed by atoms with Gasteiger partial charge in [-0.3, -0.25) is 4.98 Å². The Morgan fingerprint density at radius 2 is 1.85 bits per heavy atom. The fraction of sp³-hybridized carbons (Fsp3) is 0.400. The Labute approximate surface area is 127 Å². The van der Waals surface area contributed by atoms with E-state index in [1.807, 2.05) is 12.1 Å². The molecule has 2 aromatic heterocycles. The number of nitrogens with zero attached hydrogens (tertiary/aromatic N) is 3. The molecule has 0 unspecified atom stereocenters. The summed E-state index contributed by atoms with van der Waals surface area (Å²) in [6.45, 7) is 0. The molecule has 2 N–H and O–H groups in total. The zero-order chi connectivity index (χ0) is 13.9.